The molecule has 1 aliphatic carbocycles. The Kier molecular flexibility index (Phi) is 5.57. The van der Waals surface area contributed by atoms with Crippen LogP contribution in [0.2, 0.25) is 0 Å². The lowest BCUT2D eigenvalue weighted by atomic mass is 9.84. The minimum absolute atomic E-state index is 0.0947. The van der Waals surface area contributed by atoms with Crippen LogP contribution in [-0.4, -0.2) is 5.97 Å². The van der Waals surface area contributed by atoms with Crippen molar-refractivity contribution in [1.29, 1.82) is 0 Å². The normalized spacial score (nSPS) is 16.2. The summed E-state index contributed by atoms with van der Waals surface area (Å²) < 4.78 is 5.86. The Bertz CT molecular complexity index is 781. The predicted molar refractivity (Wildman–Crippen MR) is 104 cm³/mol. The maximum Gasteiger partial charge on any atom is 0.306 e. The Morgan fingerprint density at radius 3 is 2.64 bits per heavy atom. The van der Waals surface area contributed by atoms with Crippen LogP contribution in [0.25, 0.3) is 16.3 Å². The Morgan fingerprint density at radius 2 is 1.92 bits per heavy atom. The van der Waals surface area contributed by atoms with Gasteiger partial charge in [-0.25, -0.2) is 0 Å². The highest BCUT2D eigenvalue weighted by Crippen LogP contribution is 2.41. The van der Waals surface area contributed by atoms with Crippen LogP contribution >= 0.6 is 0 Å². The van der Waals surface area contributed by atoms with E-state index in [4.69, 9.17) is 4.74 Å². The molecule has 0 amide bonds. The van der Waals surface area contributed by atoms with E-state index in [0.29, 0.717) is 12.3 Å². The van der Waals surface area contributed by atoms with Crippen molar-refractivity contribution in [3.8, 4) is 0 Å². The second kappa shape index (κ2) is 7.86. The zero-order valence-corrected chi connectivity index (χ0v) is 15.5. The summed E-state index contributed by atoms with van der Waals surface area (Å²) in [6, 6.07) is 12.8. The topological polar surface area (TPSA) is 26.3 Å². The van der Waals surface area contributed by atoms with Crippen LogP contribution < -0.4 is 0 Å². The molecule has 0 saturated heterocycles. The fourth-order valence-electron chi connectivity index (χ4n) is 3.52. The standard InChI is InChI=1S/C23H28O2/c1-4-5-12-22(24)25-21-15-18(14-13-16(2)3)19-10-6-8-17-9-7-11-20(21)23(17)19/h6-11,15-16,21H,4-5,12-14H2,1-3H3. The molecule has 1 atom stereocenters. The summed E-state index contributed by atoms with van der Waals surface area (Å²) in [5.41, 5.74) is 3.73. The Labute approximate surface area is 150 Å². The number of unbranched alkanes of at least 4 members (excludes halogenated alkanes) is 1. The molecule has 0 aliphatic heterocycles. The second-order valence-electron chi connectivity index (χ2n) is 7.39. The molecule has 2 nitrogen and oxygen atoms in total. The molecule has 2 aromatic carbocycles. The Hall–Kier alpha value is -2.09. The van der Waals surface area contributed by atoms with E-state index in [1.165, 1.54) is 21.9 Å². The van der Waals surface area contributed by atoms with Gasteiger partial charge >= 0.3 is 5.97 Å². The molecule has 0 fully saturated rings. The summed E-state index contributed by atoms with van der Waals surface area (Å²) in [5, 5.41) is 2.47. The highest BCUT2D eigenvalue weighted by molar-refractivity contribution is 5.98. The van der Waals surface area contributed by atoms with E-state index in [-0.39, 0.29) is 12.1 Å². The number of carbonyl (C=O) groups excluding carboxylic acids is 1. The van der Waals surface area contributed by atoms with Gasteiger partial charge in [-0.2, -0.15) is 0 Å². The van der Waals surface area contributed by atoms with E-state index in [1.807, 2.05) is 0 Å². The quantitative estimate of drug-likeness (QED) is 0.543. The molecule has 0 N–H and O–H groups in total. The number of carbonyl (C=O) groups is 1. The first-order valence-electron chi connectivity index (χ1n) is 9.52. The van der Waals surface area contributed by atoms with Crippen molar-refractivity contribution in [3.05, 3.63) is 53.6 Å². The van der Waals surface area contributed by atoms with Crippen LogP contribution in [0.15, 0.2) is 42.5 Å². The van der Waals surface area contributed by atoms with Crippen molar-refractivity contribution >= 4 is 22.3 Å². The average molecular weight is 336 g/mol. The summed E-state index contributed by atoms with van der Waals surface area (Å²) in [6.07, 6.45) is 6.47. The third kappa shape index (κ3) is 3.95. The van der Waals surface area contributed by atoms with Crippen molar-refractivity contribution in [1.82, 2.24) is 0 Å². The maximum absolute atomic E-state index is 12.2. The smallest absolute Gasteiger partial charge is 0.306 e. The zero-order valence-electron chi connectivity index (χ0n) is 15.5. The number of hydrogen-bond acceptors (Lipinski definition) is 2. The lowest BCUT2D eigenvalue weighted by Crippen LogP contribution is -2.13. The number of rotatable bonds is 7. The monoisotopic (exact) mass is 336 g/mol. The molecule has 1 unspecified atom stereocenters. The summed E-state index contributed by atoms with van der Waals surface area (Å²) in [7, 11) is 0. The predicted octanol–water partition coefficient (Wildman–Crippen LogP) is 6.45. The molecule has 25 heavy (non-hydrogen) atoms. The third-order valence-electron chi connectivity index (χ3n) is 4.93. The molecule has 0 saturated carbocycles. The minimum atomic E-state index is -0.259. The van der Waals surface area contributed by atoms with Crippen molar-refractivity contribution in [2.45, 2.75) is 59.0 Å². The first kappa shape index (κ1) is 17.7. The van der Waals surface area contributed by atoms with Gasteiger partial charge in [-0.1, -0.05) is 63.6 Å². The fraction of sp³-hybridized carbons (Fsp3) is 0.435. The van der Waals surface area contributed by atoms with Crippen molar-refractivity contribution in [2.75, 3.05) is 0 Å². The summed E-state index contributed by atoms with van der Waals surface area (Å²) >= 11 is 0. The van der Waals surface area contributed by atoms with E-state index in [0.717, 1.165) is 31.2 Å². The van der Waals surface area contributed by atoms with E-state index in [2.05, 4.69) is 63.2 Å². The molecular weight excluding hydrogens is 308 g/mol. The van der Waals surface area contributed by atoms with E-state index < -0.39 is 0 Å². The highest BCUT2D eigenvalue weighted by Gasteiger charge is 2.24. The van der Waals surface area contributed by atoms with E-state index >= 15 is 0 Å². The number of benzene rings is 2. The molecule has 3 rings (SSSR count). The van der Waals surface area contributed by atoms with Gasteiger partial charge in [-0.3, -0.25) is 4.79 Å². The average Bonchev–Trinajstić information content (AvgIpc) is 2.61. The molecule has 0 radical (unpaired) electrons. The third-order valence-corrected chi connectivity index (χ3v) is 4.93. The van der Waals surface area contributed by atoms with Gasteiger partial charge in [-0.15, -0.1) is 0 Å². The minimum Gasteiger partial charge on any atom is -0.453 e. The molecule has 132 valence electrons. The van der Waals surface area contributed by atoms with Crippen molar-refractivity contribution in [2.24, 2.45) is 5.92 Å². The van der Waals surface area contributed by atoms with Gasteiger partial charge in [0, 0.05) is 12.0 Å². The SMILES string of the molecule is CCCCC(=O)OC1C=C(CCC(C)C)c2cccc3cccc1c23. The largest absolute Gasteiger partial charge is 0.453 e. The molecule has 0 spiro atoms. The van der Waals surface area contributed by atoms with Gasteiger partial charge in [0.05, 0.1) is 0 Å². The number of hydrogen-bond donors (Lipinski definition) is 0. The van der Waals surface area contributed by atoms with Gasteiger partial charge < -0.3 is 4.74 Å². The van der Waals surface area contributed by atoms with Crippen LogP contribution in [0.3, 0.4) is 0 Å². The second-order valence-corrected chi connectivity index (χ2v) is 7.39. The highest BCUT2D eigenvalue weighted by atomic mass is 16.5. The summed E-state index contributed by atoms with van der Waals surface area (Å²) in [5.74, 6) is 0.561. The summed E-state index contributed by atoms with van der Waals surface area (Å²) in [6.45, 7) is 6.59. The molecule has 2 aromatic rings. The lowest BCUT2D eigenvalue weighted by molar-refractivity contribution is -0.147. The van der Waals surface area contributed by atoms with E-state index in [1.54, 1.807) is 0 Å². The number of allylic oxidation sites excluding steroid dienone is 1. The molecular formula is C23H28O2. The van der Waals surface area contributed by atoms with Crippen LogP contribution in [-0.2, 0) is 9.53 Å². The Morgan fingerprint density at radius 1 is 1.16 bits per heavy atom. The van der Waals surface area contributed by atoms with Crippen LogP contribution in [0.4, 0.5) is 0 Å². The van der Waals surface area contributed by atoms with Crippen LogP contribution in [0, 0.1) is 5.92 Å². The van der Waals surface area contributed by atoms with Crippen LogP contribution in [0.5, 0.6) is 0 Å². The zero-order chi connectivity index (χ0) is 17.8. The first-order chi connectivity index (χ1) is 12.1. The van der Waals surface area contributed by atoms with Gasteiger partial charge in [0.15, 0.2) is 0 Å². The van der Waals surface area contributed by atoms with Crippen LogP contribution in [0.1, 0.15) is 70.1 Å². The number of esters is 1. The Balaban J connectivity index is 1.97. The number of ether oxygens (including phenoxy) is 1. The van der Waals surface area contributed by atoms with Gasteiger partial charge in [0.25, 0.3) is 0 Å². The molecule has 2 heteroatoms. The molecule has 0 heterocycles. The van der Waals surface area contributed by atoms with Crippen molar-refractivity contribution < 1.29 is 9.53 Å². The molecule has 0 aromatic heterocycles. The van der Waals surface area contributed by atoms with Gasteiger partial charge in [0.1, 0.15) is 6.10 Å². The first-order valence-corrected chi connectivity index (χ1v) is 9.52. The lowest BCUT2D eigenvalue weighted by Gasteiger charge is -2.26. The van der Waals surface area contributed by atoms with Gasteiger partial charge in [-0.05, 0) is 53.2 Å². The molecule has 0 bridgehead atoms. The fourth-order valence-corrected chi connectivity index (χ4v) is 3.52. The summed E-state index contributed by atoms with van der Waals surface area (Å²) in [4.78, 5) is 12.2. The van der Waals surface area contributed by atoms with Gasteiger partial charge in [0.2, 0.25) is 0 Å². The van der Waals surface area contributed by atoms with Crippen molar-refractivity contribution in [3.63, 3.8) is 0 Å². The maximum atomic E-state index is 12.2. The molecule has 1 aliphatic rings. The van der Waals surface area contributed by atoms with E-state index in [9.17, 15) is 4.79 Å².